The summed E-state index contributed by atoms with van der Waals surface area (Å²) in [5.74, 6) is 0.580. The van der Waals surface area contributed by atoms with Crippen molar-refractivity contribution >= 4 is 0 Å². The first kappa shape index (κ1) is 13.2. The van der Waals surface area contributed by atoms with Gasteiger partial charge in [-0.15, -0.1) is 0 Å². The largest absolute Gasteiger partial charge is 0.508 e. The van der Waals surface area contributed by atoms with Gasteiger partial charge in [0.25, 0.3) is 0 Å². The Balaban J connectivity index is 2.55. The smallest absolute Gasteiger partial charge is 0.118 e. The lowest BCUT2D eigenvalue weighted by atomic mass is 9.93. The highest BCUT2D eigenvalue weighted by Crippen LogP contribution is 2.32. The van der Waals surface area contributed by atoms with E-state index >= 15 is 0 Å². The van der Waals surface area contributed by atoms with Crippen molar-refractivity contribution in [3.05, 3.63) is 59.7 Å². The maximum atomic E-state index is 9.85. The van der Waals surface area contributed by atoms with E-state index in [1.807, 2.05) is 38.1 Å². The molecular weight excluding hydrogens is 236 g/mol. The van der Waals surface area contributed by atoms with Crippen LogP contribution in [0.4, 0.5) is 0 Å². The van der Waals surface area contributed by atoms with Gasteiger partial charge in [-0.2, -0.15) is 0 Å². The predicted octanol–water partition coefficient (Wildman–Crippen LogP) is 4.19. The van der Waals surface area contributed by atoms with E-state index in [0.717, 1.165) is 28.7 Å². The van der Waals surface area contributed by atoms with Crippen LogP contribution in [0.15, 0.2) is 48.6 Å². The van der Waals surface area contributed by atoms with E-state index in [9.17, 15) is 10.2 Å². The summed E-state index contributed by atoms with van der Waals surface area (Å²) in [5, 5.41) is 19.2. The second-order valence-corrected chi connectivity index (χ2v) is 4.56. The molecule has 19 heavy (non-hydrogen) atoms. The average Bonchev–Trinajstić information content (AvgIpc) is 2.41. The topological polar surface area (TPSA) is 40.5 Å². The molecule has 2 aromatic carbocycles. The monoisotopic (exact) mass is 254 g/mol. The number of benzene rings is 2. The highest BCUT2D eigenvalue weighted by molar-refractivity contribution is 5.71. The fraction of sp³-hybridized carbons (Fsp3) is 0.176. The zero-order chi connectivity index (χ0) is 13.8. The summed E-state index contributed by atoms with van der Waals surface area (Å²) in [4.78, 5) is 0. The number of rotatable bonds is 3. The summed E-state index contributed by atoms with van der Waals surface area (Å²) in [6, 6.07) is 10.8. The minimum Gasteiger partial charge on any atom is -0.508 e. The van der Waals surface area contributed by atoms with Gasteiger partial charge in [-0.25, -0.2) is 0 Å². The van der Waals surface area contributed by atoms with Crippen LogP contribution in [-0.2, 0) is 6.42 Å². The van der Waals surface area contributed by atoms with Gasteiger partial charge in [0, 0.05) is 0 Å². The van der Waals surface area contributed by atoms with Gasteiger partial charge in [0.15, 0.2) is 0 Å². The fourth-order valence-corrected chi connectivity index (χ4v) is 2.15. The van der Waals surface area contributed by atoms with Gasteiger partial charge in [0.2, 0.25) is 0 Å². The molecule has 0 fully saturated rings. The zero-order valence-electron chi connectivity index (χ0n) is 11.2. The van der Waals surface area contributed by atoms with E-state index in [0.29, 0.717) is 5.75 Å². The molecule has 0 unspecified atom stereocenters. The van der Waals surface area contributed by atoms with E-state index in [2.05, 4.69) is 6.08 Å². The van der Waals surface area contributed by atoms with Crippen molar-refractivity contribution in [2.75, 3.05) is 0 Å². The molecule has 0 radical (unpaired) electrons. The van der Waals surface area contributed by atoms with Crippen molar-refractivity contribution in [2.24, 2.45) is 0 Å². The molecule has 2 rings (SSSR count). The number of allylic oxidation sites excluding steroid dienone is 2. The quantitative estimate of drug-likeness (QED) is 0.806. The highest BCUT2D eigenvalue weighted by atomic mass is 16.3. The van der Waals surface area contributed by atoms with E-state index < -0.39 is 0 Å². The van der Waals surface area contributed by atoms with Crippen LogP contribution >= 0.6 is 0 Å². The van der Waals surface area contributed by atoms with E-state index in [1.54, 1.807) is 18.2 Å². The Morgan fingerprint density at radius 2 is 1.68 bits per heavy atom. The van der Waals surface area contributed by atoms with Crippen molar-refractivity contribution in [2.45, 2.75) is 20.3 Å². The van der Waals surface area contributed by atoms with E-state index in [-0.39, 0.29) is 5.75 Å². The molecule has 0 bridgehead atoms. The van der Waals surface area contributed by atoms with Gasteiger partial charge in [0.1, 0.15) is 11.5 Å². The Bertz CT molecular complexity index is 595. The number of phenolic OH excluding ortho intramolecular Hbond substituents is 2. The molecule has 0 aromatic heterocycles. The van der Waals surface area contributed by atoms with Gasteiger partial charge in [-0.05, 0) is 60.7 Å². The predicted molar refractivity (Wildman–Crippen MR) is 78.5 cm³/mol. The lowest BCUT2D eigenvalue weighted by Gasteiger charge is -2.13. The number of phenols is 2. The lowest BCUT2D eigenvalue weighted by molar-refractivity contribution is 0.470. The molecule has 0 saturated heterocycles. The van der Waals surface area contributed by atoms with Gasteiger partial charge in [0.05, 0.1) is 0 Å². The molecule has 0 heterocycles. The lowest BCUT2D eigenvalue weighted by Crippen LogP contribution is -1.93. The van der Waals surface area contributed by atoms with Crippen molar-refractivity contribution < 1.29 is 10.2 Å². The Hall–Kier alpha value is -2.22. The Morgan fingerprint density at radius 3 is 2.32 bits per heavy atom. The molecule has 2 heteroatoms. The van der Waals surface area contributed by atoms with Crippen LogP contribution in [0.3, 0.4) is 0 Å². The molecule has 2 nitrogen and oxygen atoms in total. The van der Waals surface area contributed by atoms with Crippen molar-refractivity contribution in [3.63, 3.8) is 0 Å². The second kappa shape index (κ2) is 5.61. The minimum absolute atomic E-state index is 0.259. The molecule has 2 aromatic rings. The maximum Gasteiger partial charge on any atom is 0.118 e. The molecule has 0 aliphatic rings. The molecule has 0 spiro atoms. The summed E-state index contributed by atoms with van der Waals surface area (Å²) in [6.45, 7) is 3.91. The maximum absolute atomic E-state index is 9.85. The van der Waals surface area contributed by atoms with Gasteiger partial charge in [-0.1, -0.05) is 30.4 Å². The SMILES string of the molecule is CC=CCc1c(-c2ccc(O)cc2)ccc(O)c1C. The van der Waals surface area contributed by atoms with Crippen molar-refractivity contribution in [3.8, 4) is 22.6 Å². The Kier molecular flexibility index (Phi) is 3.91. The first-order valence-corrected chi connectivity index (χ1v) is 6.35. The summed E-state index contributed by atoms with van der Waals surface area (Å²) < 4.78 is 0. The average molecular weight is 254 g/mol. The summed E-state index contributed by atoms with van der Waals surface area (Å²) in [6.07, 6.45) is 4.86. The standard InChI is InChI=1S/C17H18O2/c1-3-4-5-15-12(2)17(19)11-10-16(15)13-6-8-14(18)9-7-13/h3-4,6-11,18-19H,5H2,1-2H3. The Labute approximate surface area is 113 Å². The molecular formula is C17H18O2. The van der Waals surface area contributed by atoms with Crippen LogP contribution in [0.25, 0.3) is 11.1 Å². The number of hydrogen-bond donors (Lipinski definition) is 2. The van der Waals surface area contributed by atoms with Crippen LogP contribution < -0.4 is 0 Å². The van der Waals surface area contributed by atoms with Gasteiger partial charge >= 0.3 is 0 Å². The molecule has 0 atom stereocenters. The second-order valence-electron chi connectivity index (χ2n) is 4.56. The van der Waals surface area contributed by atoms with Crippen molar-refractivity contribution in [1.29, 1.82) is 0 Å². The van der Waals surface area contributed by atoms with Crippen LogP contribution in [0.1, 0.15) is 18.1 Å². The summed E-state index contributed by atoms with van der Waals surface area (Å²) in [7, 11) is 0. The van der Waals surface area contributed by atoms with E-state index in [4.69, 9.17) is 0 Å². The molecule has 2 N–H and O–H groups in total. The third-order valence-electron chi connectivity index (χ3n) is 3.31. The first-order chi connectivity index (χ1) is 9.13. The molecule has 0 saturated carbocycles. The van der Waals surface area contributed by atoms with Gasteiger partial charge in [-0.3, -0.25) is 0 Å². The molecule has 0 aliphatic carbocycles. The van der Waals surface area contributed by atoms with Crippen LogP contribution in [0.5, 0.6) is 11.5 Å². The summed E-state index contributed by atoms with van der Waals surface area (Å²) >= 11 is 0. The van der Waals surface area contributed by atoms with Crippen LogP contribution in [0, 0.1) is 6.92 Å². The van der Waals surface area contributed by atoms with E-state index in [1.165, 1.54) is 0 Å². The third kappa shape index (κ3) is 2.79. The molecule has 0 amide bonds. The van der Waals surface area contributed by atoms with Gasteiger partial charge < -0.3 is 10.2 Å². The normalized spacial score (nSPS) is 11.1. The number of aromatic hydroxyl groups is 2. The minimum atomic E-state index is 0.259. The number of hydrogen-bond acceptors (Lipinski definition) is 2. The zero-order valence-corrected chi connectivity index (χ0v) is 11.2. The molecule has 0 aliphatic heterocycles. The Morgan fingerprint density at radius 1 is 1.00 bits per heavy atom. The molecule has 98 valence electrons. The first-order valence-electron chi connectivity index (χ1n) is 6.35. The van der Waals surface area contributed by atoms with Crippen LogP contribution in [-0.4, -0.2) is 10.2 Å². The van der Waals surface area contributed by atoms with Crippen molar-refractivity contribution in [1.82, 2.24) is 0 Å². The summed E-state index contributed by atoms with van der Waals surface area (Å²) in [5.41, 5.74) is 4.15. The highest BCUT2D eigenvalue weighted by Gasteiger charge is 2.10. The van der Waals surface area contributed by atoms with Crippen LogP contribution in [0.2, 0.25) is 0 Å². The third-order valence-corrected chi connectivity index (χ3v) is 3.31. The fourth-order valence-electron chi connectivity index (χ4n) is 2.15.